The molecule has 0 unspecified atom stereocenters. The Hall–Kier alpha value is -1.62. The Morgan fingerprint density at radius 2 is 2.27 bits per heavy atom. The zero-order chi connectivity index (χ0) is 10.7. The van der Waals surface area contributed by atoms with Gasteiger partial charge in [0.1, 0.15) is 11.0 Å². The van der Waals surface area contributed by atoms with E-state index in [0.717, 1.165) is 0 Å². The van der Waals surface area contributed by atoms with Crippen LogP contribution in [-0.4, -0.2) is 15.1 Å². The van der Waals surface area contributed by atoms with Crippen LogP contribution in [0.15, 0.2) is 22.7 Å². The quantitative estimate of drug-likeness (QED) is 0.809. The smallest absolute Gasteiger partial charge is 0.223 e. The lowest BCUT2D eigenvalue weighted by Gasteiger charge is -2.01. The lowest BCUT2D eigenvalue weighted by atomic mass is 10.4. The van der Waals surface area contributed by atoms with Gasteiger partial charge in [-0.05, 0) is 12.1 Å². The van der Waals surface area contributed by atoms with Gasteiger partial charge in [-0.3, -0.25) is 0 Å². The molecule has 1 N–H and O–H groups in total. The van der Waals surface area contributed by atoms with Gasteiger partial charge in [-0.1, -0.05) is 22.8 Å². The van der Waals surface area contributed by atoms with E-state index in [9.17, 15) is 0 Å². The van der Waals surface area contributed by atoms with Crippen LogP contribution in [0.3, 0.4) is 0 Å². The summed E-state index contributed by atoms with van der Waals surface area (Å²) in [6, 6.07) is 5.35. The summed E-state index contributed by atoms with van der Waals surface area (Å²) in [7, 11) is 0. The number of halogens is 1. The van der Waals surface area contributed by atoms with Crippen LogP contribution in [0.1, 0.15) is 11.7 Å². The first-order valence-electron chi connectivity index (χ1n) is 4.39. The molecule has 2 aromatic rings. The third-order valence-electron chi connectivity index (χ3n) is 1.71. The van der Waals surface area contributed by atoms with Crippen LogP contribution in [-0.2, 0) is 6.54 Å². The van der Waals surface area contributed by atoms with Crippen LogP contribution >= 0.6 is 11.6 Å². The van der Waals surface area contributed by atoms with E-state index in [-0.39, 0.29) is 0 Å². The predicted molar refractivity (Wildman–Crippen MR) is 55.6 cm³/mol. The van der Waals surface area contributed by atoms with Gasteiger partial charge in [-0.2, -0.15) is 4.98 Å². The van der Waals surface area contributed by atoms with Crippen LogP contribution in [0.25, 0.3) is 0 Å². The monoisotopic (exact) mass is 224 g/mol. The second-order valence-corrected chi connectivity index (χ2v) is 3.32. The summed E-state index contributed by atoms with van der Waals surface area (Å²) in [6.07, 6.45) is 0. The van der Waals surface area contributed by atoms with Crippen molar-refractivity contribution in [1.82, 2.24) is 15.1 Å². The topological polar surface area (TPSA) is 63.8 Å². The Balaban J connectivity index is 1.99. The molecule has 0 saturated carbocycles. The molecule has 0 aromatic carbocycles. The first-order valence-corrected chi connectivity index (χ1v) is 4.77. The summed E-state index contributed by atoms with van der Waals surface area (Å²) in [5, 5.41) is 7.23. The normalized spacial score (nSPS) is 10.3. The summed E-state index contributed by atoms with van der Waals surface area (Å²) in [4.78, 5) is 8.11. The van der Waals surface area contributed by atoms with Gasteiger partial charge in [0.2, 0.25) is 5.89 Å². The largest absolute Gasteiger partial charge is 0.363 e. The Morgan fingerprint density at radius 1 is 1.40 bits per heavy atom. The third-order valence-corrected chi connectivity index (χ3v) is 1.92. The molecule has 0 atom stereocenters. The lowest BCUT2D eigenvalue weighted by Crippen LogP contribution is -2.02. The molecule has 0 radical (unpaired) electrons. The molecule has 6 heteroatoms. The van der Waals surface area contributed by atoms with E-state index in [0.29, 0.717) is 29.2 Å². The highest BCUT2D eigenvalue weighted by molar-refractivity contribution is 6.29. The molecule has 0 aliphatic rings. The fraction of sp³-hybridized carbons (Fsp3) is 0.222. The van der Waals surface area contributed by atoms with Crippen LogP contribution in [0.2, 0.25) is 5.15 Å². The maximum atomic E-state index is 5.73. The first kappa shape index (κ1) is 9.92. The maximum Gasteiger partial charge on any atom is 0.223 e. The van der Waals surface area contributed by atoms with Gasteiger partial charge in [0.05, 0.1) is 6.54 Å². The lowest BCUT2D eigenvalue weighted by molar-refractivity contribution is 0.388. The number of aryl methyl sites for hydroxylation is 1. The molecule has 2 rings (SSSR count). The van der Waals surface area contributed by atoms with Crippen molar-refractivity contribution >= 4 is 17.4 Å². The second-order valence-electron chi connectivity index (χ2n) is 2.93. The molecule has 2 heterocycles. The average molecular weight is 225 g/mol. The van der Waals surface area contributed by atoms with E-state index >= 15 is 0 Å². The highest BCUT2D eigenvalue weighted by atomic mass is 35.5. The molecule has 0 saturated heterocycles. The molecule has 0 aliphatic heterocycles. The van der Waals surface area contributed by atoms with Crippen LogP contribution in [0, 0.1) is 6.92 Å². The van der Waals surface area contributed by atoms with Crippen molar-refractivity contribution in [2.75, 3.05) is 5.32 Å². The SMILES string of the molecule is Cc1nc(CNc2cccc(Cl)n2)no1. The number of aromatic nitrogens is 3. The van der Waals surface area contributed by atoms with E-state index < -0.39 is 0 Å². The zero-order valence-corrected chi connectivity index (χ0v) is 8.82. The molecule has 78 valence electrons. The van der Waals surface area contributed by atoms with E-state index in [1.165, 1.54) is 0 Å². The van der Waals surface area contributed by atoms with E-state index in [1.807, 2.05) is 12.1 Å². The van der Waals surface area contributed by atoms with Crippen molar-refractivity contribution in [3.05, 3.63) is 35.1 Å². The van der Waals surface area contributed by atoms with Crippen molar-refractivity contribution in [3.63, 3.8) is 0 Å². The van der Waals surface area contributed by atoms with Gasteiger partial charge >= 0.3 is 0 Å². The molecule has 0 fully saturated rings. The summed E-state index contributed by atoms with van der Waals surface area (Å²) in [5.41, 5.74) is 0. The second kappa shape index (κ2) is 4.27. The highest BCUT2D eigenvalue weighted by Crippen LogP contribution is 2.09. The van der Waals surface area contributed by atoms with Crippen LogP contribution in [0.4, 0.5) is 5.82 Å². The summed E-state index contributed by atoms with van der Waals surface area (Å²) in [5.74, 6) is 1.82. The molecule has 0 aliphatic carbocycles. The Labute approximate surface area is 91.5 Å². The Kier molecular flexibility index (Phi) is 2.82. The Morgan fingerprint density at radius 3 is 2.93 bits per heavy atom. The van der Waals surface area contributed by atoms with Gasteiger partial charge in [-0.15, -0.1) is 0 Å². The number of hydrogen-bond acceptors (Lipinski definition) is 5. The van der Waals surface area contributed by atoms with E-state index in [1.54, 1.807) is 13.0 Å². The zero-order valence-electron chi connectivity index (χ0n) is 8.07. The summed E-state index contributed by atoms with van der Waals surface area (Å²) in [6.45, 7) is 2.21. The minimum Gasteiger partial charge on any atom is -0.363 e. The average Bonchev–Trinajstić information content (AvgIpc) is 2.62. The molecular formula is C9H9ClN4O. The van der Waals surface area contributed by atoms with E-state index in [4.69, 9.17) is 16.1 Å². The molecule has 0 amide bonds. The van der Waals surface area contributed by atoms with Gasteiger partial charge in [0.15, 0.2) is 5.82 Å². The standard InChI is InChI=1S/C9H9ClN4O/c1-6-12-9(14-15-6)5-11-8-4-2-3-7(10)13-8/h2-4H,5H2,1H3,(H,11,13). The third kappa shape index (κ3) is 2.66. The molecule has 2 aromatic heterocycles. The number of nitrogens with one attached hydrogen (secondary N) is 1. The van der Waals surface area contributed by atoms with Gasteiger partial charge < -0.3 is 9.84 Å². The van der Waals surface area contributed by atoms with Crippen molar-refractivity contribution < 1.29 is 4.52 Å². The van der Waals surface area contributed by atoms with Crippen molar-refractivity contribution in [2.24, 2.45) is 0 Å². The van der Waals surface area contributed by atoms with Crippen LogP contribution in [0.5, 0.6) is 0 Å². The minimum absolute atomic E-state index is 0.448. The van der Waals surface area contributed by atoms with Crippen LogP contribution < -0.4 is 5.32 Å². The van der Waals surface area contributed by atoms with Crippen molar-refractivity contribution in [1.29, 1.82) is 0 Å². The number of pyridine rings is 1. The molecular weight excluding hydrogens is 216 g/mol. The van der Waals surface area contributed by atoms with Gasteiger partial charge in [0, 0.05) is 6.92 Å². The number of rotatable bonds is 3. The molecule has 0 spiro atoms. The predicted octanol–water partition coefficient (Wildman–Crippen LogP) is 2.04. The van der Waals surface area contributed by atoms with Gasteiger partial charge in [0.25, 0.3) is 0 Å². The molecule has 15 heavy (non-hydrogen) atoms. The number of nitrogens with zero attached hydrogens (tertiary/aromatic N) is 3. The van der Waals surface area contributed by atoms with Gasteiger partial charge in [-0.25, -0.2) is 4.98 Å². The molecule has 5 nitrogen and oxygen atoms in total. The summed E-state index contributed by atoms with van der Waals surface area (Å²) < 4.78 is 4.83. The van der Waals surface area contributed by atoms with Crippen molar-refractivity contribution in [3.8, 4) is 0 Å². The molecule has 0 bridgehead atoms. The minimum atomic E-state index is 0.448. The fourth-order valence-electron chi connectivity index (χ4n) is 1.09. The highest BCUT2D eigenvalue weighted by Gasteiger charge is 2.02. The summed E-state index contributed by atoms with van der Waals surface area (Å²) >= 11 is 5.73. The maximum absolute atomic E-state index is 5.73. The van der Waals surface area contributed by atoms with Crippen molar-refractivity contribution in [2.45, 2.75) is 13.5 Å². The number of hydrogen-bond donors (Lipinski definition) is 1. The number of anilines is 1. The fourth-order valence-corrected chi connectivity index (χ4v) is 1.25. The van der Waals surface area contributed by atoms with E-state index in [2.05, 4.69) is 20.4 Å². The Bertz CT molecular complexity index is 457. The first-order chi connectivity index (χ1) is 7.24.